The minimum atomic E-state index is -1.60. The van der Waals surface area contributed by atoms with Gasteiger partial charge in [-0.2, -0.15) is 0 Å². The van der Waals surface area contributed by atoms with Gasteiger partial charge in [0.1, 0.15) is 0 Å². The van der Waals surface area contributed by atoms with E-state index < -0.39 is 14.3 Å². The van der Waals surface area contributed by atoms with Crippen LogP contribution in [-0.4, -0.2) is 39.1 Å². The molecule has 0 aliphatic rings. The fourth-order valence-electron chi connectivity index (χ4n) is 1.42. The molecule has 2 N–H and O–H groups in total. The average Bonchev–Trinajstić information content (AvgIpc) is 2.24. The van der Waals surface area contributed by atoms with E-state index in [1.54, 1.807) is 0 Å². The second-order valence-corrected chi connectivity index (χ2v) is 11.4. The zero-order valence-corrected chi connectivity index (χ0v) is 14.2. The van der Waals surface area contributed by atoms with Gasteiger partial charge in [-0.05, 0) is 37.5 Å². The minimum Gasteiger partial charge on any atom is -0.481 e. The zero-order chi connectivity index (χ0) is 14.9. The molecule has 114 valence electrons. The predicted molar refractivity (Wildman–Crippen MR) is 82.1 cm³/mol. The molecule has 0 heterocycles. The van der Waals surface area contributed by atoms with Crippen molar-refractivity contribution < 1.29 is 14.3 Å². The van der Waals surface area contributed by atoms with E-state index in [2.05, 4.69) is 39.2 Å². The summed E-state index contributed by atoms with van der Waals surface area (Å²) in [5.74, 6) is -0.698. The summed E-state index contributed by atoms with van der Waals surface area (Å²) in [4.78, 5) is 10.3. The van der Waals surface area contributed by atoms with Crippen molar-refractivity contribution in [1.82, 2.24) is 5.32 Å². The molecule has 5 heteroatoms. The predicted octanol–water partition coefficient (Wildman–Crippen LogP) is 3.24. The minimum absolute atomic E-state index is 0.268. The number of nitrogens with one attached hydrogen (secondary N) is 1. The number of rotatable bonds is 10. The Hall–Kier alpha value is -0.393. The molecule has 0 aliphatic carbocycles. The Balaban J connectivity index is 3.44. The highest BCUT2D eigenvalue weighted by Crippen LogP contribution is 2.36. The maximum atomic E-state index is 10.3. The van der Waals surface area contributed by atoms with E-state index in [0.717, 1.165) is 39.0 Å². The second-order valence-electron chi connectivity index (χ2n) is 6.56. The van der Waals surface area contributed by atoms with Gasteiger partial charge < -0.3 is 14.8 Å². The molecule has 0 saturated carbocycles. The molecule has 0 fully saturated rings. The summed E-state index contributed by atoms with van der Waals surface area (Å²) in [6.45, 7) is 13.9. The molecule has 0 spiro atoms. The molecule has 0 radical (unpaired) electrons. The number of carbonyl (C=O) groups is 1. The van der Waals surface area contributed by atoms with Crippen molar-refractivity contribution in [3.63, 3.8) is 0 Å². The fraction of sp³-hybridized carbons (Fsp3) is 0.929. The Morgan fingerprint density at radius 3 is 2.32 bits per heavy atom. The monoisotopic (exact) mass is 289 g/mol. The first kappa shape index (κ1) is 18.6. The third-order valence-electron chi connectivity index (χ3n) is 3.79. The Labute approximate surface area is 119 Å². The van der Waals surface area contributed by atoms with Crippen molar-refractivity contribution in [3.8, 4) is 0 Å². The molecule has 0 aromatic heterocycles. The molecule has 0 amide bonds. The van der Waals surface area contributed by atoms with Crippen LogP contribution in [-0.2, 0) is 9.22 Å². The van der Waals surface area contributed by atoms with Crippen molar-refractivity contribution in [3.05, 3.63) is 0 Å². The van der Waals surface area contributed by atoms with Gasteiger partial charge in [-0.3, -0.25) is 4.79 Å². The molecule has 0 rings (SSSR count). The van der Waals surface area contributed by atoms with E-state index in [1.807, 2.05) is 0 Å². The number of aliphatic carboxylic acids is 1. The van der Waals surface area contributed by atoms with Gasteiger partial charge in [0.25, 0.3) is 0 Å². The molecule has 0 unspecified atom stereocenters. The van der Waals surface area contributed by atoms with E-state index in [-0.39, 0.29) is 11.5 Å². The van der Waals surface area contributed by atoms with Crippen LogP contribution in [0.1, 0.15) is 46.5 Å². The lowest BCUT2D eigenvalue weighted by molar-refractivity contribution is -0.137. The largest absolute Gasteiger partial charge is 0.481 e. The third kappa shape index (κ3) is 9.19. The van der Waals surface area contributed by atoms with E-state index >= 15 is 0 Å². The standard InChI is InChI=1S/C14H31NO3Si/c1-14(2,3)19(4,5)18-12-11-15-10-8-6-7-9-13(16)17/h15H,6-12H2,1-5H3,(H,16,17). The lowest BCUT2D eigenvalue weighted by Gasteiger charge is -2.36. The van der Waals surface area contributed by atoms with Gasteiger partial charge in [0, 0.05) is 19.6 Å². The third-order valence-corrected chi connectivity index (χ3v) is 8.33. The highest BCUT2D eigenvalue weighted by atomic mass is 28.4. The first-order chi connectivity index (χ1) is 8.67. The zero-order valence-electron chi connectivity index (χ0n) is 13.2. The molecule has 0 bridgehead atoms. The lowest BCUT2D eigenvalue weighted by Crippen LogP contribution is -2.42. The van der Waals surface area contributed by atoms with Gasteiger partial charge in [0.15, 0.2) is 8.32 Å². The number of carboxylic acids is 1. The number of hydrogen-bond donors (Lipinski definition) is 2. The van der Waals surface area contributed by atoms with Crippen molar-refractivity contribution in [2.24, 2.45) is 0 Å². The van der Waals surface area contributed by atoms with Crippen LogP contribution in [0.25, 0.3) is 0 Å². The topological polar surface area (TPSA) is 58.6 Å². The van der Waals surface area contributed by atoms with Crippen LogP contribution >= 0.6 is 0 Å². The van der Waals surface area contributed by atoms with Crippen LogP contribution in [0.4, 0.5) is 0 Å². The van der Waals surface area contributed by atoms with Crippen molar-refractivity contribution in [2.45, 2.75) is 64.6 Å². The molecule has 0 aliphatic heterocycles. The summed E-state index contributed by atoms with van der Waals surface area (Å²) in [5, 5.41) is 12.1. The first-order valence-corrected chi connectivity index (χ1v) is 10.1. The van der Waals surface area contributed by atoms with Gasteiger partial charge in [-0.25, -0.2) is 0 Å². The highest BCUT2D eigenvalue weighted by Gasteiger charge is 2.36. The maximum Gasteiger partial charge on any atom is 0.303 e. The summed E-state index contributed by atoms with van der Waals surface area (Å²) >= 11 is 0. The molecular weight excluding hydrogens is 258 g/mol. The quantitative estimate of drug-likeness (QED) is 0.479. The van der Waals surface area contributed by atoms with Gasteiger partial charge in [-0.1, -0.05) is 27.2 Å². The Kier molecular flexibility index (Phi) is 8.53. The van der Waals surface area contributed by atoms with Gasteiger partial charge in [0.2, 0.25) is 0 Å². The number of carboxylic acid groups (broad SMARTS) is 1. The molecule has 0 saturated heterocycles. The molecule has 4 nitrogen and oxygen atoms in total. The summed E-state index contributed by atoms with van der Waals surface area (Å²) in [7, 11) is -1.60. The fourth-order valence-corrected chi connectivity index (χ4v) is 2.47. The van der Waals surface area contributed by atoms with Crippen LogP contribution in [0.2, 0.25) is 18.1 Å². The smallest absolute Gasteiger partial charge is 0.303 e. The number of unbranched alkanes of at least 4 members (excludes halogenated alkanes) is 2. The summed E-state index contributed by atoms with van der Waals surface area (Å²) in [6, 6.07) is 0. The maximum absolute atomic E-state index is 10.3. The molecule has 0 atom stereocenters. The normalized spacial score (nSPS) is 12.7. The SMILES string of the molecule is CC(C)(C)[Si](C)(C)OCCNCCCCCC(=O)O. The average molecular weight is 289 g/mol. The van der Waals surface area contributed by atoms with Crippen molar-refractivity contribution in [2.75, 3.05) is 19.7 Å². The summed E-state index contributed by atoms with van der Waals surface area (Å²) < 4.78 is 6.05. The second kappa shape index (κ2) is 8.71. The van der Waals surface area contributed by atoms with E-state index in [1.165, 1.54) is 0 Å². The lowest BCUT2D eigenvalue weighted by atomic mass is 10.2. The summed E-state index contributed by atoms with van der Waals surface area (Å²) in [5.41, 5.74) is 0. The highest BCUT2D eigenvalue weighted by molar-refractivity contribution is 6.74. The van der Waals surface area contributed by atoms with Gasteiger partial charge in [-0.15, -0.1) is 0 Å². The molecule has 0 aromatic rings. The Morgan fingerprint density at radius 1 is 1.16 bits per heavy atom. The van der Waals surface area contributed by atoms with Crippen LogP contribution < -0.4 is 5.32 Å². The van der Waals surface area contributed by atoms with E-state index in [0.29, 0.717) is 0 Å². The Bertz CT molecular complexity index is 262. The molecule has 19 heavy (non-hydrogen) atoms. The van der Waals surface area contributed by atoms with Crippen LogP contribution in [0.5, 0.6) is 0 Å². The molecule has 0 aromatic carbocycles. The summed E-state index contributed by atoms with van der Waals surface area (Å²) in [6.07, 6.45) is 3.07. The number of hydrogen-bond acceptors (Lipinski definition) is 3. The Morgan fingerprint density at radius 2 is 1.79 bits per heavy atom. The van der Waals surface area contributed by atoms with Crippen molar-refractivity contribution in [1.29, 1.82) is 0 Å². The van der Waals surface area contributed by atoms with Crippen LogP contribution in [0.15, 0.2) is 0 Å². The van der Waals surface area contributed by atoms with E-state index in [9.17, 15) is 4.79 Å². The van der Waals surface area contributed by atoms with Crippen LogP contribution in [0, 0.1) is 0 Å². The molecular formula is C14H31NO3Si. The first-order valence-electron chi connectivity index (χ1n) is 7.23. The van der Waals surface area contributed by atoms with Gasteiger partial charge in [0.05, 0.1) is 0 Å². The van der Waals surface area contributed by atoms with Gasteiger partial charge >= 0.3 is 5.97 Å². The van der Waals surface area contributed by atoms with E-state index in [4.69, 9.17) is 9.53 Å². The van der Waals surface area contributed by atoms with Crippen LogP contribution in [0.3, 0.4) is 0 Å². The van der Waals surface area contributed by atoms with Crippen molar-refractivity contribution >= 4 is 14.3 Å².